The van der Waals surface area contributed by atoms with E-state index in [0.717, 1.165) is 0 Å². The Bertz CT molecular complexity index is 616. The Hall–Kier alpha value is -2.35. The molecule has 1 aromatic carbocycles. The molecule has 0 aliphatic carbocycles. The van der Waals surface area contributed by atoms with Gasteiger partial charge in [-0.1, -0.05) is 17.4 Å². The molecule has 1 heterocycles. The number of nitrogens with two attached hydrogens (primary N) is 1. The minimum atomic E-state index is -0.329. The molecule has 0 unspecified atom stereocenters. The third-order valence-corrected chi connectivity index (χ3v) is 3.51. The van der Waals surface area contributed by atoms with Crippen molar-refractivity contribution in [3.8, 4) is 5.75 Å². The van der Waals surface area contributed by atoms with Crippen LogP contribution >= 0.6 is 11.3 Å². The van der Waals surface area contributed by atoms with E-state index < -0.39 is 0 Å². The van der Waals surface area contributed by atoms with Crippen molar-refractivity contribution in [2.75, 3.05) is 17.7 Å². The fourth-order valence-electron chi connectivity index (χ4n) is 1.68. The number of nitrogens with zero attached hydrogens (tertiary/aromatic N) is 2. The van der Waals surface area contributed by atoms with E-state index in [1.165, 1.54) is 11.3 Å². The standard InChI is InChI=1S/C13H17N5O2S/c1-3-20-10-6-4-5-9(7-10)16-13(19)15-8(2)11-17-18-12(14)21-11/h4-8H,3H2,1-2H3,(H2,14,18)(H2,15,16,19)/t8-/m0/s1. The maximum absolute atomic E-state index is 11.9. The maximum atomic E-state index is 11.9. The zero-order valence-corrected chi connectivity index (χ0v) is 12.6. The molecule has 0 bridgehead atoms. The van der Waals surface area contributed by atoms with E-state index in [9.17, 15) is 4.79 Å². The van der Waals surface area contributed by atoms with E-state index in [-0.39, 0.29) is 12.1 Å². The summed E-state index contributed by atoms with van der Waals surface area (Å²) in [6.07, 6.45) is 0. The molecule has 112 valence electrons. The molecule has 0 aliphatic rings. The van der Waals surface area contributed by atoms with Gasteiger partial charge in [0.25, 0.3) is 0 Å². The third-order valence-electron chi connectivity index (χ3n) is 2.58. The first-order chi connectivity index (χ1) is 10.1. The summed E-state index contributed by atoms with van der Waals surface area (Å²) < 4.78 is 5.38. The molecule has 0 fully saturated rings. The van der Waals surface area contributed by atoms with Gasteiger partial charge < -0.3 is 21.1 Å². The van der Waals surface area contributed by atoms with Gasteiger partial charge >= 0.3 is 6.03 Å². The van der Waals surface area contributed by atoms with Gasteiger partial charge in [-0.15, -0.1) is 10.2 Å². The first-order valence-electron chi connectivity index (χ1n) is 6.47. The van der Waals surface area contributed by atoms with E-state index in [1.807, 2.05) is 26.0 Å². The number of nitrogens with one attached hydrogen (secondary N) is 2. The van der Waals surface area contributed by atoms with Crippen LogP contribution in [-0.2, 0) is 0 Å². The number of aromatic nitrogens is 2. The highest BCUT2D eigenvalue weighted by Gasteiger charge is 2.14. The Balaban J connectivity index is 1.93. The van der Waals surface area contributed by atoms with Crippen molar-refractivity contribution < 1.29 is 9.53 Å². The lowest BCUT2D eigenvalue weighted by molar-refractivity contribution is 0.249. The molecule has 4 N–H and O–H groups in total. The lowest BCUT2D eigenvalue weighted by atomic mass is 10.3. The third kappa shape index (κ3) is 4.32. The minimum absolute atomic E-state index is 0.269. The van der Waals surface area contributed by atoms with Crippen LogP contribution in [0.5, 0.6) is 5.75 Å². The summed E-state index contributed by atoms with van der Waals surface area (Å²) in [5.41, 5.74) is 6.17. The van der Waals surface area contributed by atoms with E-state index in [4.69, 9.17) is 10.5 Å². The molecule has 2 aromatic rings. The molecule has 0 saturated heterocycles. The smallest absolute Gasteiger partial charge is 0.319 e. The van der Waals surface area contributed by atoms with Crippen molar-refractivity contribution in [3.05, 3.63) is 29.3 Å². The fraction of sp³-hybridized carbons (Fsp3) is 0.308. The molecule has 0 saturated carbocycles. The zero-order chi connectivity index (χ0) is 15.2. The summed E-state index contributed by atoms with van der Waals surface area (Å²) >= 11 is 1.25. The fourth-order valence-corrected chi connectivity index (χ4v) is 2.29. The highest BCUT2D eigenvalue weighted by Crippen LogP contribution is 2.20. The van der Waals surface area contributed by atoms with Crippen LogP contribution in [0.4, 0.5) is 15.6 Å². The van der Waals surface area contributed by atoms with E-state index >= 15 is 0 Å². The maximum Gasteiger partial charge on any atom is 0.319 e. The monoisotopic (exact) mass is 307 g/mol. The minimum Gasteiger partial charge on any atom is -0.494 e. The number of ether oxygens (including phenoxy) is 1. The van der Waals surface area contributed by atoms with Crippen molar-refractivity contribution in [1.29, 1.82) is 0 Å². The summed E-state index contributed by atoms with van der Waals surface area (Å²) in [6.45, 7) is 4.30. The lowest BCUT2D eigenvalue weighted by Crippen LogP contribution is -2.31. The Labute approximate surface area is 126 Å². The van der Waals surface area contributed by atoms with E-state index in [1.54, 1.807) is 12.1 Å². The molecule has 21 heavy (non-hydrogen) atoms. The zero-order valence-electron chi connectivity index (χ0n) is 11.8. The predicted molar refractivity (Wildman–Crippen MR) is 82.5 cm³/mol. The summed E-state index contributed by atoms with van der Waals surface area (Å²) in [4.78, 5) is 11.9. The summed E-state index contributed by atoms with van der Waals surface area (Å²) in [5.74, 6) is 0.709. The van der Waals surface area contributed by atoms with Crippen LogP contribution < -0.4 is 21.1 Å². The first-order valence-corrected chi connectivity index (χ1v) is 7.29. The number of rotatable bonds is 5. The molecular formula is C13H17N5O2S. The molecule has 1 atom stereocenters. The van der Waals surface area contributed by atoms with Gasteiger partial charge in [0.15, 0.2) is 0 Å². The quantitative estimate of drug-likeness (QED) is 0.787. The van der Waals surface area contributed by atoms with Gasteiger partial charge in [0.1, 0.15) is 10.8 Å². The average Bonchev–Trinajstić information content (AvgIpc) is 2.86. The number of carbonyl (C=O) groups excluding carboxylic acids is 1. The summed E-state index contributed by atoms with van der Waals surface area (Å²) in [6, 6.07) is 6.60. The lowest BCUT2D eigenvalue weighted by Gasteiger charge is -2.12. The molecule has 1 aromatic heterocycles. The summed E-state index contributed by atoms with van der Waals surface area (Å²) in [7, 11) is 0. The van der Waals surface area contributed by atoms with Gasteiger partial charge in [-0.3, -0.25) is 0 Å². The molecule has 2 rings (SSSR count). The van der Waals surface area contributed by atoms with Crippen LogP contribution in [-0.4, -0.2) is 22.8 Å². The number of urea groups is 1. The topological polar surface area (TPSA) is 102 Å². The number of nitrogen functional groups attached to an aromatic ring is 1. The first kappa shape index (κ1) is 15.0. The number of hydrogen-bond acceptors (Lipinski definition) is 6. The van der Waals surface area contributed by atoms with Crippen LogP contribution in [0.3, 0.4) is 0 Å². The molecule has 0 spiro atoms. The average molecular weight is 307 g/mol. The largest absolute Gasteiger partial charge is 0.494 e. The van der Waals surface area contributed by atoms with Gasteiger partial charge in [0, 0.05) is 11.8 Å². The second-order valence-corrected chi connectivity index (χ2v) is 5.30. The molecule has 0 aliphatic heterocycles. The van der Waals surface area contributed by atoms with Crippen molar-refractivity contribution >= 4 is 28.2 Å². The van der Waals surface area contributed by atoms with Gasteiger partial charge in [-0.05, 0) is 26.0 Å². The second kappa shape index (κ2) is 6.89. The number of amides is 2. The van der Waals surface area contributed by atoms with Gasteiger partial charge in [0.2, 0.25) is 5.13 Å². The van der Waals surface area contributed by atoms with E-state index in [0.29, 0.717) is 28.2 Å². The Morgan fingerprint density at radius 2 is 2.29 bits per heavy atom. The Morgan fingerprint density at radius 3 is 2.95 bits per heavy atom. The molecule has 2 amide bonds. The van der Waals surface area contributed by atoms with Crippen molar-refractivity contribution in [2.24, 2.45) is 0 Å². The number of anilines is 2. The number of carbonyl (C=O) groups is 1. The van der Waals surface area contributed by atoms with Gasteiger partial charge in [-0.2, -0.15) is 0 Å². The van der Waals surface area contributed by atoms with E-state index in [2.05, 4.69) is 20.8 Å². The molecular weight excluding hydrogens is 290 g/mol. The Morgan fingerprint density at radius 1 is 1.48 bits per heavy atom. The van der Waals surface area contributed by atoms with Crippen LogP contribution in [0.15, 0.2) is 24.3 Å². The highest BCUT2D eigenvalue weighted by atomic mass is 32.1. The number of benzene rings is 1. The second-order valence-electron chi connectivity index (χ2n) is 4.26. The van der Waals surface area contributed by atoms with Crippen LogP contribution in [0.25, 0.3) is 0 Å². The highest BCUT2D eigenvalue weighted by molar-refractivity contribution is 7.15. The molecule has 7 nitrogen and oxygen atoms in total. The normalized spacial score (nSPS) is 11.7. The van der Waals surface area contributed by atoms with Crippen molar-refractivity contribution in [1.82, 2.24) is 15.5 Å². The SMILES string of the molecule is CCOc1cccc(NC(=O)N[C@@H](C)c2nnc(N)s2)c1. The van der Waals surface area contributed by atoms with Gasteiger partial charge in [0.05, 0.1) is 12.6 Å². The predicted octanol–water partition coefficient (Wildman–Crippen LogP) is 2.40. The Kier molecular flexibility index (Phi) is 4.94. The van der Waals surface area contributed by atoms with Crippen LogP contribution in [0.2, 0.25) is 0 Å². The number of hydrogen-bond donors (Lipinski definition) is 3. The molecule has 0 radical (unpaired) electrons. The van der Waals surface area contributed by atoms with Gasteiger partial charge in [-0.25, -0.2) is 4.79 Å². The van der Waals surface area contributed by atoms with Crippen molar-refractivity contribution in [2.45, 2.75) is 19.9 Å². The van der Waals surface area contributed by atoms with Crippen molar-refractivity contribution in [3.63, 3.8) is 0 Å². The molecule has 8 heteroatoms. The van der Waals surface area contributed by atoms with Crippen LogP contribution in [0, 0.1) is 0 Å². The van der Waals surface area contributed by atoms with Crippen LogP contribution in [0.1, 0.15) is 24.9 Å². The summed E-state index contributed by atoms with van der Waals surface area (Å²) in [5, 5.41) is 14.2.